The van der Waals surface area contributed by atoms with Crippen molar-refractivity contribution in [3.63, 3.8) is 0 Å². The van der Waals surface area contributed by atoms with Gasteiger partial charge in [0.1, 0.15) is 11.7 Å². The topological polar surface area (TPSA) is 83.7 Å². The Bertz CT molecular complexity index is 681. The average Bonchev–Trinajstić information content (AvgIpc) is 2.76. The summed E-state index contributed by atoms with van der Waals surface area (Å²) in [4.78, 5) is 27.3. The van der Waals surface area contributed by atoms with E-state index in [1.165, 1.54) is 0 Å². The molecule has 1 unspecified atom stereocenters. The number of pyridine rings is 1. The number of nitrogens with zero attached hydrogens (tertiary/aromatic N) is 2. The van der Waals surface area contributed by atoms with Crippen LogP contribution in [0.3, 0.4) is 0 Å². The lowest BCUT2D eigenvalue weighted by Gasteiger charge is -2.17. The van der Waals surface area contributed by atoms with Crippen LogP contribution in [0.2, 0.25) is 5.02 Å². The van der Waals surface area contributed by atoms with E-state index in [0.29, 0.717) is 16.4 Å². The monoisotopic (exact) mass is 309 g/mol. The summed E-state index contributed by atoms with van der Waals surface area (Å²) in [6.07, 6.45) is 3.42. The number of carbonyl (C=O) groups is 2. The third-order valence-electron chi connectivity index (χ3n) is 3.06. The van der Waals surface area contributed by atoms with Crippen LogP contribution in [0.15, 0.2) is 24.5 Å². The minimum Gasteiger partial charge on any atom is -0.480 e. The Morgan fingerprint density at radius 2 is 2.10 bits per heavy atom. The highest BCUT2D eigenvalue weighted by molar-refractivity contribution is 6.30. The number of hydrogen-bond donors (Lipinski definition) is 2. The lowest BCUT2D eigenvalue weighted by molar-refractivity contribution is -0.143. The van der Waals surface area contributed by atoms with E-state index in [9.17, 15) is 9.59 Å². The number of amides is 1. The third kappa shape index (κ3) is 3.72. The zero-order valence-electron chi connectivity index (χ0n) is 11.7. The fourth-order valence-electron chi connectivity index (χ4n) is 2.00. The van der Waals surface area contributed by atoms with Crippen molar-refractivity contribution in [3.05, 3.63) is 35.2 Å². The largest absolute Gasteiger partial charge is 0.480 e. The molecule has 0 radical (unpaired) electrons. The molecular formula is C14H16ClN3O3. The number of nitrogens with one attached hydrogen (secondary N) is 1. The zero-order valence-corrected chi connectivity index (χ0v) is 12.5. The van der Waals surface area contributed by atoms with Crippen LogP contribution in [0.1, 0.15) is 19.5 Å². The number of fused-ring (bicyclic) bond motifs is 1. The Hall–Kier alpha value is -2.08. The summed E-state index contributed by atoms with van der Waals surface area (Å²) in [7, 11) is 0. The SMILES string of the molecule is CC(C)C(NC(=O)Cc1cn2cc(Cl)ccc2n1)C(=O)O. The molecule has 6 nitrogen and oxygen atoms in total. The summed E-state index contributed by atoms with van der Waals surface area (Å²) in [6.45, 7) is 3.48. The van der Waals surface area contributed by atoms with Gasteiger partial charge >= 0.3 is 5.97 Å². The summed E-state index contributed by atoms with van der Waals surface area (Å²) < 4.78 is 1.72. The summed E-state index contributed by atoms with van der Waals surface area (Å²) in [5, 5.41) is 12.1. The molecule has 0 spiro atoms. The van der Waals surface area contributed by atoms with Crippen LogP contribution < -0.4 is 5.32 Å². The lowest BCUT2D eigenvalue weighted by atomic mass is 10.0. The smallest absolute Gasteiger partial charge is 0.326 e. The van der Waals surface area contributed by atoms with Gasteiger partial charge in [-0.25, -0.2) is 9.78 Å². The molecule has 0 aliphatic heterocycles. The van der Waals surface area contributed by atoms with E-state index in [0.717, 1.165) is 0 Å². The van der Waals surface area contributed by atoms with Crippen LogP contribution in [0, 0.1) is 5.92 Å². The van der Waals surface area contributed by atoms with Crippen molar-refractivity contribution < 1.29 is 14.7 Å². The molecule has 0 fully saturated rings. The van der Waals surface area contributed by atoms with Crippen LogP contribution >= 0.6 is 11.6 Å². The summed E-state index contributed by atoms with van der Waals surface area (Å²) >= 11 is 5.88. The van der Waals surface area contributed by atoms with Crippen LogP contribution in [-0.4, -0.2) is 32.4 Å². The minimum atomic E-state index is -1.04. The molecule has 21 heavy (non-hydrogen) atoms. The molecule has 112 valence electrons. The quantitative estimate of drug-likeness (QED) is 0.881. The zero-order chi connectivity index (χ0) is 15.6. The maximum Gasteiger partial charge on any atom is 0.326 e. The second kappa shape index (κ2) is 6.13. The van der Waals surface area contributed by atoms with E-state index in [4.69, 9.17) is 16.7 Å². The van der Waals surface area contributed by atoms with Crippen LogP contribution in [0.4, 0.5) is 0 Å². The molecule has 0 saturated heterocycles. The summed E-state index contributed by atoms with van der Waals surface area (Å²) in [5.74, 6) is -1.60. The van der Waals surface area contributed by atoms with E-state index >= 15 is 0 Å². The van der Waals surface area contributed by atoms with Gasteiger partial charge in [-0.05, 0) is 18.1 Å². The first kappa shape index (κ1) is 15.3. The van der Waals surface area contributed by atoms with Crippen LogP contribution in [0.25, 0.3) is 5.65 Å². The lowest BCUT2D eigenvalue weighted by Crippen LogP contribution is -2.44. The molecule has 2 heterocycles. The average molecular weight is 310 g/mol. The molecule has 2 aromatic rings. The minimum absolute atomic E-state index is 0.0236. The number of hydrogen-bond acceptors (Lipinski definition) is 3. The normalized spacial score (nSPS) is 12.6. The Balaban J connectivity index is 2.09. The maximum absolute atomic E-state index is 11.9. The molecule has 2 rings (SSSR count). The Labute approximate surface area is 126 Å². The van der Waals surface area contributed by atoms with E-state index in [-0.39, 0.29) is 18.2 Å². The number of halogens is 1. The number of aromatic nitrogens is 2. The van der Waals surface area contributed by atoms with Crippen molar-refractivity contribution in [2.75, 3.05) is 0 Å². The van der Waals surface area contributed by atoms with Gasteiger partial charge in [0, 0.05) is 12.4 Å². The molecule has 0 aliphatic rings. The van der Waals surface area contributed by atoms with E-state index in [2.05, 4.69) is 10.3 Å². The molecule has 1 amide bonds. The number of aliphatic carboxylic acids is 1. The van der Waals surface area contributed by atoms with E-state index < -0.39 is 12.0 Å². The van der Waals surface area contributed by atoms with Gasteiger partial charge in [-0.15, -0.1) is 0 Å². The molecule has 2 N–H and O–H groups in total. The Morgan fingerprint density at radius 3 is 2.71 bits per heavy atom. The van der Waals surface area contributed by atoms with Gasteiger partial charge in [0.15, 0.2) is 0 Å². The molecule has 0 saturated carbocycles. The third-order valence-corrected chi connectivity index (χ3v) is 3.28. The number of carboxylic acids is 1. The van der Waals surface area contributed by atoms with Crippen molar-refractivity contribution in [3.8, 4) is 0 Å². The fourth-order valence-corrected chi connectivity index (χ4v) is 2.17. The van der Waals surface area contributed by atoms with E-state index in [1.54, 1.807) is 42.8 Å². The first-order valence-corrected chi connectivity index (χ1v) is 6.90. The number of rotatable bonds is 5. The van der Waals surface area contributed by atoms with Gasteiger partial charge in [-0.1, -0.05) is 25.4 Å². The molecule has 0 aromatic carbocycles. The second-order valence-corrected chi connectivity index (χ2v) is 5.59. The molecular weight excluding hydrogens is 294 g/mol. The predicted octanol–water partition coefficient (Wildman–Crippen LogP) is 1.76. The number of imidazole rings is 1. The highest BCUT2D eigenvalue weighted by Gasteiger charge is 2.23. The molecule has 0 bridgehead atoms. The number of carboxylic acid groups (broad SMARTS) is 1. The first-order valence-electron chi connectivity index (χ1n) is 6.52. The predicted molar refractivity (Wildman–Crippen MR) is 78.3 cm³/mol. The standard InChI is InChI=1S/C14H16ClN3O3/c1-8(2)13(14(20)21)17-12(19)5-10-7-18-6-9(15)3-4-11(18)16-10/h3-4,6-8,13H,5H2,1-2H3,(H,17,19)(H,20,21). The van der Waals surface area contributed by atoms with Gasteiger partial charge in [-0.3, -0.25) is 4.79 Å². The highest BCUT2D eigenvalue weighted by atomic mass is 35.5. The van der Waals surface area contributed by atoms with E-state index in [1.807, 2.05) is 0 Å². The van der Waals surface area contributed by atoms with Gasteiger partial charge in [-0.2, -0.15) is 0 Å². The summed E-state index contributed by atoms with van der Waals surface area (Å²) in [5.41, 5.74) is 1.24. The molecule has 0 aliphatic carbocycles. The van der Waals surface area contributed by atoms with Gasteiger partial charge in [0.2, 0.25) is 5.91 Å². The molecule has 1 atom stereocenters. The first-order chi connectivity index (χ1) is 9.86. The Kier molecular flexibility index (Phi) is 4.47. The summed E-state index contributed by atoms with van der Waals surface area (Å²) in [6, 6.07) is 2.56. The number of carbonyl (C=O) groups excluding carboxylic acids is 1. The van der Waals surface area contributed by atoms with Gasteiger partial charge in [0.25, 0.3) is 0 Å². The fraction of sp³-hybridized carbons (Fsp3) is 0.357. The Morgan fingerprint density at radius 1 is 1.38 bits per heavy atom. The van der Waals surface area contributed by atoms with Gasteiger partial charge < -0.3 is 14.8 Å². The van der Waals surface area contributed by atoms with Crippen molar-refractivity contribution in [2.45, 2.75) is 26.3 Å². The van der Waals surface area contributed by atoms with Crippen molar-refractivity contribution >= 4 is 29.1 Å². The van der Waals surface area contributed by atoms with Crippen molar-refractivity contribution in [1.82, 2.24) is 14.7 Å². The van der Waals surface area contributed by atoms with Crippen molar-refractivity contribution in [1.29, 1.82) is 0 Å². The van der Waals surface area contributed by atoms with Crippen molar-refractivity contribution in [2.24, 2.45) is 5.92 Å². The van der Waals surface area contributed by atoms with Crippen LogP contribution in [-0.2, 0) is 16.0 Å². The highest BCUT2D eigenvalue weighted by Crippen LogP contribution is 2.12. The second-order valence-electron chi connectivity index (χ2n) is 5.15. The van der Waals surface area contributed by atoms with Gasteiger partial charge in [0.05, 0.1) is 17.1 Å². The van der Waals surface area contributed by atoms with Crippen LogP contribution in [0.5, 0.6) is 0 Å². The maximum atomic E-state index is 11.9. The molecule has 7 heteroatoms. The molecule has 2 aromatic heterocycles.